The summed E-state index contributed by atoms with van der Waals surface area (Å²) in [6.45, 7) is 0.606. The van der Waals surface area contributed by atoms with Gasteiger partial charge in [-0.05, 0) is 35.7 Å². The molecule has 0 amide bonds. The zero-order valence-corrected chi connectivity index (χ0v) is 15.7. The molecular weight excluding hydrogens is 382 g/mol. The van der Waals surface area contributed by atoms with Gasteiger partial charge in [0.1, 0.15) is 10.6 Å². The van der Waals surface area contributed by atoms with Crippen LogP contribution in [-0.4, -0.2) is 31.9 Å². The third kappa shape index (κ3) is 4.21. The molecule has 0 saturated heterocycles. The van der Waals surface area contributed by atoms with Crippen molar-refractivity contribution in [3.63, 3.8) is 0 Å². The van der Waals surface area contributed by atoms with Crippen LogP contribution in [0.15, 0.2) is 52.2 Å². The van der Waals surface area contributed by atoms with Crippen molar-refractivity contribution in [3.8, 4) is 17.0 Å². The van der Waals surface area contributed by atoms with Crippen LogP contribution < -0.4 is 9.46 Å². The highest BCUT2D eigenvalue weighted by molar-refractivity contribution is 7.89. The highest BCUT2D eigenvalue weighted by atomic mass is 35.5. The molecule has 2 aromatic heterocycles. The monoisotopic (exact) mass is 397 g/mol. The summed E-state index contributed by atoms with van der Waals surface area (Å²) >= 11 is 7.50. The van der Waals surface area contributed by atoms with Crippen LogP contribution in [-0.2, 0) is 16.6 Å². The number of halogens is 1. The van der Waals surface area contributed by atoms with Crippen molar-refractivity contribution in [3.05, 3.63) is 52.3 Å². The number of nitrogens with one attached hydrogen (secondary N) is 1. The molecular formula is C16H16ClN3O3S2. The quantitative estimate of drug-likeness (QED) is 0.664. The first-order valence-corrected chi connectivity index (χ1v) is 10.2. The maximum atomic E-state index is 12.5. The number of rotatable bonds is 7. The lowest BCUT2D eigenvalue weighted by Crippen LogP contribution is -2.28. The molecule has 1 aromatic carbocycles. The largest absolute Gasteiger partial charge is 0.495 e. The average molecular weight is 398 g/mol. The number of nitrogens with zero attached hydrogens (tertiary/aromatic N) is 2. The zero-order chi connectivity index (χ0) is 17.9. The molecule has 0 bridgehead atoms. The van der Waals surface area contributed by atoms with E-state index in [2.05, 4.69) is 9.82 Å². The molecule has 1 N–H and O–H groups in total. The molecule has 6 nitrogen and oxygen atoms in total. The van der Waals surface area contributed by atoms with E-state index in [1.807, 2.05) is 29.1 Å². The maximum Gasteiger partial charge on any atom is 0.244 e. The zero-order valence-electron chi connectivity index (χ0n) is 13.3. The van der Waals surface area contributed by atoms with Crippen LogP contribution in [0.3, 0.4) is 0 Å². The van der Waals surface area contributed by atoms with Crippen molar-refractivity contribution in [1.82, 2.24) is 14.5 Å². The van der Waals surface area contributed by atoms with Gasteiger partial charge in [0.25, 0.3) is 0 Å². The Balaban J connectivity index is 1.66. The predicted molar refractivity (Wildman–Crippen MR) is 98.7 cm³/mol. The van der Waals surface area contributed by atoms with Crippen LogP contribution in [0.1, 0.15) is 0 Å². The van der Waals surface area contributed by atoms with E-state index in [1.165, 1.54) is 19.2 Å². The molecule has 0 aliphatic carbocycles. The molecule has 132 valence electrons. The van der Waals surface area contributed by atoms with Gasteiger partial charge in [-0.2, -0.15) is 16.4 Å². The third-order valence-corrected chi connectivity index (χ3v) is 5.91. The van der Waals surface area contributed by atoms with Crippen LogP contribution in [0.25, 0.3) is 11.3 Å². The molecule has 3 rings (SSSR count). The molecule has 3 aromatic rings. The van der Waals surface area contributed by atoms with Crippen LogP contribution in [0.5, 0.6) is 5.75 Å². The van der Waals surface area contributed by atoms with Crippen molar-refractivity contribution in [2.45, 2.75) is 11.4 Å². The predicted octanol–water partition coefficient (Wildman–Crippen LogP) is 3.25. The van der Waals surface area contributed by atoms with E-state index >= 15 is 0 Å². The molecule has 25 heavy (non-hydrogen) atoms. The minimum Gasteiger partial charge on any atom is -0.495 e. The number of hydrogen-bond donors (Lipinski definition) is 1. The normalized spacial score (nSPS) is 11.6. The summed E-state index contributed by atoms with van der Waals surface area (Å²) in [7, 11) is -2.32. The van der Waals surface area contributed by atoms with E-state index in [-0.39, 0.29) is 17.2 Å². The molecule has 0 radical (unpaired) electrons. The van der Waals surface area contributed by atoms with Crippen molar-refractivity contribution >= 4 is 33.0 Å². The van der Waals surface area contributed by atoms with Crippen molar-refractivity contribution in [2.75, 3.05) is 13.7 Å². The van der Waals surface area contributed by atoms with E-state index < -0.39 is 10.0 Å². The van der Waals surface area contributed by atoms with E-state index in [0.717, 1.165) is 11.3 Å². The van der Waals surface area contributed by atoms with Crippen LogP contribution >= 0.6 is 22.9 Å². The fraction of sp³-hybridized carbons (Fsp3) is 0.188. The molecule has 0 unspecified atom stereocenters. The second kappa shape index (κ2) is 7.57. The lowest BCUT2D eigenvalue weighted by atomic mass is 10.2. The standard InChI is InChI=1S/C16H16ClN3O3S2/c1-23-15-3-2-13(17)10-16(15)25(21,22)18-6-8-20-7-4-14(19-20)12-5-9-24-11-12/h2-5,7,9-11,18H,6,8H2,1H3. The number of aromatic nitrogens is 2. The summed E-state index contributed by atoms with van der Waals surface area (Å²) < 4.78 is 34.3. The van der Waals surface area contributed by atoms with E-state index in [0.29, 0.717) is 11.6 Å². The molecule has 0 aliphatic heterocycles. The Bertz CT molecular complexity index is 953. The average Bonchev–Trinajstić information content (AvgIpc) is 3.26. The molecule has 0 spiro atoms. The van der Waals surface area contributed by atoms with Gasteiger partial charge in [-0.15, -0.1) is 0 Å². The SMILES string of the molecule is COc1ccc(Cl)cc1S(=O)(=O)NCCn1ccc(-c2ccsc2)n1. The fourth-order valence-electron chi connectivity index (χ4n) is 2.28. The summed E-state index contributed by atoms with van der Waals surface area (Å²) in [6.07, 6.45) is 1.82. The summed E-state index contributed by atoms with van der Waals surface area (Å²) in [6, 6.07) is 8.36. The highest BCUT2D eigenvalue weighted by Crippen LogP contribution is 2.26. The maximum absolute atomic E-state index is 12.5. The van der Waals surface area contributed by atoms with Crippen LogP contribution in [0.4, 0.5) is 0 Å². The Hall–Kier alpha value is -1.87. The van der Waals surface area contributed by atoms with E-state index in [1.54, 1.807) is 22.1 Å². The van der Waals surface area contributed by atoms with Gasteiger partial charge in [-0.25, -0.2) is 13.1 Å². The number of hydrogen-bond acceptors (Lipinski definition) is 5. The van der Waals surface area contributed by atoms with Gasteiger partial charge in [0, 0.05) is 28.7 Å². The molecule has 0 saturated carbocycles. The number of sulfonamides is 1. The Morgan fingerprint density at radius 2 is 2.16 bits per heavy atom. The highest BCUT2D eigenvalue weighted by Gasteiger charge is 2.19. The summed E-state index contributed by atoms with van der Waals surface area (Å²) in [5, 5.41) is 8.76. The molecule has 9 heteroatoms. The third-order valence-electron chi connectivity index (χ3n) is 3.51. The first-order valence-electron chi connectivity index (χ1n) is 7.39. The first-order chi connectivity index (χ1) is 12.0. The van der Waals surface area contributed by atoms with E-state index in [9.17, 15) is 8.42 Å². The lowest BCUT2D eigenvalue weighted by molar-refractivity contribution is 0.402. The molecule has 2 heterocycles. The topological polar surface area (TPSA) is 73.2 Å². The number of methoxy groups -OCH3 is 1. The summed E-state index contributed by atoms with van der Waals surface area (Å²) in [5.74, 6) is 0.246. The number of ether oxygens (including phenoxy) is 1. The van der Waals surface area contributed by atoms with Gasteiger partial charge in [0.05, 0.1) is 19.3 Å². The van der Waals surface area contributed by atoms with Gasteiger partial charge in [-0.1, -0.05) is 11.6 Å². The Morgan fingerprint density at radius 3 is 2.88 bits per heavy atom. The van der Waals surface area contributed by atoms with Crippen LogP contribution in [0.2, 0.25) is 5.02 Å². The van der Waals surface area contributed by atoms with Gasteiger partial charge in [0.15, 0.2) is 0 Å². The van der Waals surface area contributed by atoms with Gasteiger partial charge < -0.3 is 4.74 Å². The molecule has 0 aliphatic rings. The summed E-state index contributed by atoms with van der Waals surface area (Å²) in [4.78, 5) is 0.0157. The van der Waals surface area contributed by atoms with Crippen molar-refractivity contribution < 1.29 is 13.2 Å². The first kappa shape index (κ1) is 17.9. The van der Waals surface area contributed by atoms with Gasteiger partial charge in [-0.3, -0.25) is 4.68 Å². The van der Waals surface area contributed by atoms with Gasteiger partial charge in [0.2, 0.25) is 10.0 Å². The Morgan fingerprint density at radius 1 is 1.32 bits per heavy atom. The second-order valence-electron chi connectivity index (χ2n) is 5.17. The molecule has 0 atom stereocenters. The smallest absolute Gasteiger partial charge is 0.244 e. The minimum atomic E-state index is -3.73. The number of thiophene rings is 1. The Labute approximate surface area is 155 Å². The fourth-order valence-corrected chi connectivity index (χ4v) is 4.38. The molecule has 0 fully saturated rings. The number of benzene rings is 1. The van der Waals surface area contributed by atoms with E-state index in [4.69, 9.17) is 16.3 Å². The van der Waals surface area contributed by atoms with Crippen LogP contribution in [0, 0.1) is 0 Å². The second-order valence-corrected chi connectivity index (χ2v) is 8.12. The van der Waals surface area contributed by atoms with Gasteiger partial charge >= 0.3 is 0 Å². The minimum absolute atomic E-state index is 0.0157. The van der Waals surface area contributed by atoms with Crippen molar-refractivity contribution in [1.29, 1.82) is 0 Å². The summed E-state index contributed by atoms with van der Waals surface area (Å²) in [5.41, 5.74) is 1.91. The lowest BCUT2D eigenvalue weighted by Gasteiger charge is -2.11. The van der Waals surface area contributed by atoms with Crippen molar-refractivity contribution in [2.24, 2.45) is 0 Å². The Kier molecular flexibility index (Phi) is 5.43.